The van der Waals surface area contributed by atoms with E-state index >= 15 is 0 Å². The molecule has 3 heteroatoms. The molecule has 0 radical (unpaired) electrons. The first-order valence-corrected chi connectivity index (χ1v) is 8.84. The number of hydrogen-bond acceptors (Lipinski definition) is 2. The van der Waals surface area contributed by atoms with E-state index in [1.807, 2.05) is 11.3 Å². The second-order valence-corrected chi connectivity index (χ2v) is 8.45. The molecule has 4 fully saturated rings. The van der Waals surface area contributed by atoms with E-state index in [0.717, 1.165) is 30.2 Å². The molecule has 4 saturated carbocycles. The SMILES string of the molecule is CC(CN)C12CC3CC(CC(C3)C1c1cccs1)C2.Cl. The van der Waals surface area contributed by atoms with Crippen molar-refractivity contribution in [2.75, 3.05) is 6.54 Å². The zero-order chi connectivity index (χ0) is 13.0. The molecule has 4 atom stereocenters. The summed E-state index contributed by atoms with van der Waals surface area (Å²) in [5.74, 6) is 4.50. The van der Waals surface area contributed by atoms with Crippen molar-refractivity contribution in [3.8, 4) is 0 Å². The van der Waals surface area contributed by atoms with Crippen molar-refractivity contribution in [1.82, 2.24) is 0 Å². The number of halogens is 1. The van der Waals surface area contributed by atoms with Gasteiger partial charge in [0, 0.05) is 10.8 Å². The Morgan fingerprint density at radius 2 is 2.00 bits per heavy atom. The maximum absolute atomic E-state index is 6.11. The third kappa shape index (κ3) is 1.99. The van der Waals surface area contributed by atoms with Crippen molar-refractivity contribution in [2.24, 2.45) is 34.8 Å². The molecular weight excluding hydrogens is 286 g/mol. The summed E-state index contributed by atoms with van der Waals surface area (Å²) in [5.41, 5.74) is 6.65. The Bertz CT molecular complexity index is 444. The topological polar surface area (TPSA) is 26.0 Å². The lowest BCUT2D eigenvalue weighted by atomic mass is 9.42. The summed E-state index contributed by atoms with van der Waals surface area (Å²) < 4.78 is 0. The summed E-state index contributed by atoms with van der Waals surface area (Å²) >= 11 is 1.99. The highest BCUT2D eigenvalue weighted by atomic mass is 35.5. The van der Waals surface area contributed by atoms with Gasteiger partial charge in [-0.05, 0) is 79.2 Å². The minimum Gasteiger partial charge on any atom is -0.330 e. The van der Waals surface area contributed by atoms with E-state index in [1.54, 1.807) is 4.88 Å². The Morgan fingerprint density at radius 3 is 2.55 bits per heavy atom. The molecule has 112 valence electrons. The van der Waals surface area contributed by atoms with Crippen LogP contribution in [0.3, 0.4) is 0 Å². The third-order valence-corrected chi connectivity index (χ3v) is 7.51. The maximum Gasteiger partial charge on any atom is 0.00846 e. The molecule has 2 N–H and O–H groups in total. The molecule has 0 amide bonds. The molecule has 4 aliphatic carbocycles. The lowest BCUT2D eigenvalue weighted by Gasteiger charge is -2.63. The summed E-state index contributed by atoms with van der Waals surface area (Å²) in [5, 5.41) is 2.27. The number of nitrogens with two attached hydrogens (primary N) is 1. The van der Waals surface area contributed by atoms with Gasteiger partial charge in [0.15, 0.2) is 0 Å². The van der Waals surface area contributed by atoms with Crippen LogP contribution < -0.4 is 5.73 Å². The van der Waals surface area contributed by atoms with Crippen LogP contribution in [-0.2, 0) is 0 Å². The highest BCUT2D eigenvalue weighted by Gasteiger charge is 2.59. The Balaban J connectivity index is 0.00000121. The van der Waals surface area contributed by atoms with Crippen LogP contribution in [0.15, 0.2) is 17.5 Å². The molecule has 0 spiro atoms. The molecule has 4 aliphatic rings. The van der Waals surface area contributed by atoms with E-state index in [9.17, 15) is 0 Å². The molecule has 1 nitrogen and oxygen atoms in total. The lowest BCUT2D eigenvalue weighted by Crippen LogP contribution is -2.55. The molecule has 1 aromatic rings. The fourth-order valence-electron chi connectivity index (χ4n) is 6.03. The second-order valence-electron chi connectivity index (χ2n) is 7.47. The molecule has 4 unspecified atom stereocenters. The van der Waals surface area contributed by atoms with Gasteiger partial charge in [-0.1, -0.05) is 13.0 Å². The van der Waals surface area contributed by atoms with Crippen molar-refractivity contribution in [3.63, 3.8) is 0 Å². The summed E-state index contributed by atoms with van der Waals surface area (Å²) in [4.78, 5) is 1.66. The molecule has 4 bridgehead atoms. The van der Waals surface area contributed by atoms with Crippen molar-refractivity contribution >= 4 is 23.7 Å². The van der Waals surface area contributed by atoms with Gasteiger partial charge < -0.3 is 5.73 Å². The molecule has 20 heavy (non-hydrogen) atoms. The predicted molar refractivity (Wildman–Crippen MR) is 88.5 cm³/mol. The van der Waals surface area contributed by atoms with Gasteiger partial charge >= 0.3 is 0 Å². The van der Waals surface area contributed by atoms with Crippen LogP contribution in [0.2, 0.25) is 0 Å². The van der Waals surface area contributed by atoms with Gasteiger partial charge in [-0.25, -0.2) is 0 Å². The average Bonchev–Trinajstić information content (AvgIpc) is 2.90. The highest BCUT2D eigenvalue weighted by Crippen LogP contribution is 2.68. The van der Waals surface area contributed by atoms with Gasteiger partial charge in [0.1, 0.15) is 0 Å². The third-order valence-electron chi connectivity index (χ3n) is 6.55. The zero-order valence-corrected chi connectivity index (χ0v) is 13.9. The summed E-state index contributed by atoms with van der Waals surface area (Å²) in [6.45, 7) is 3.29. The van der Waals surface area contributed by atoms with Crippen LogP contribution in [0.1, 0.15) is 49.8 Å². The first-order chi connectivity index (χ1) is 9.23. The molecule has 0 aliphatic heterocycles. The van der Waals surface area contributed by atoms with E-state index < -0.39 is 0 Å². The number of thiophene rings is 1. The molecule has 0 aromatic carbocycles. The Hall–Kier alpha value is -0.0500. The quantitative estimate of drug-likeness (QED) is 0.862. The van der Waals surface area contributed by atoms with Crippen LogP contribution in [0.4, 0.5) is 0 Å². The Labute approximate surface area is 132 Å². The maximum atomic E-state index is 6.11. The minimum atomic E-state index is 0. The Morgan fingerprint density at radius 1 is 1.30 bits per heavy atom. The number of rotatable bonds is 3. The molecule has 5 rings (SSSR count). The van der Waals surface area contributed by atoms with E-state index in [0.29, 0.717) is 11.3 Å². The van der Waals surface area contributed by atoms with Gasteiger partial charge in [0.25, 0.3) is 0 Å². The van der Waals surface area contributed by atoms with Crippen LogP contribution >= 0.6 is 23.7 Å². The number of hydrogen-bond donors (Lipinski definition) is 1. The van der Waals surface area contributed by atoms with Gasteiger partial charge in [-0.3, -0.25) is 0 Å². The first kappa shape index (κ1) is 14.9. The molecular formula is C17H26ClNS. The first-order valence-electron chi connectivity index (χ1n) is 7.96. The fraction of sp³-hybridized carbons (Fsp3) is 0.765. The van der Waals surface area contributed by atoms with Crippen LogP contribution in [0, 0.1) is 29.1 Å². The van der Waals surface area contributed by atoms with Crippen LogP contribution in [-0.4, -0.2) is 6.54 Å². The van der Waals surface area contributed by atoms with Crippen molar-refractivity contribution in [3.05, 3.63) is 22.4 Å². The normalized spacial score (nSPS) is 43.3. The summed E-state index contributed by atoms with van der Waals surface area (Å²) in [6, 6.07) is 4.63. The van der Waals surface area contributed by atoms with Gasteiger partial charge in [0.05, 0.1) is 0 Å². The molecule has 0 saturated heterocycles. The van der Waals surface area contributed by atoms with Gasteiger partial charge in [-0.2, -0.15) is 0 Å². The molecule has 1 heterocycles. The van der Waals surface area contributed by atoms with Crippen LogP contribution in [0.25, 0.3) is 0 Å². The van der Waals surface area contributed by atoms with Crippen molar-refractivity contribution in [1.29, 1.82) is 0 Å². The van der Waals surface area contributed by atoms with E-state index in [2.05, 4.69) is 24.4 Å². The Kier molecular flexibility index (Phi) is 3.94. The summed E-state index contributed by atoms with van der Waals surface area (Å²) in [7, 11) is 0. The fourth-order valence-corrected chi connectivity index (χ4v) is 7.08. The second kappa shape index (κ2) is 5.30. The largest absolute Gasteiger partial charge is 0.330 e. The van der Waals surface area contributed by atoms with Crippen LogP contribution in [0.5, 0.6) is 0 Å². The summed E-state index contributed by atoms with van der Waals surface area (Å²) in [6.07, 6.45) is 7.44. The standard InChI is InChI=1S/C17H25NS.ClH/c1-11(10-18)17-8-12-5-13(9-17)7-14(6-12)16(17)15-3-2-4-19-15;/h2-4,11-14,16H,5-10,18H2,1H3;1H. The highest BCUT2D eigenvalue weighted by molar-refractivity contribution is 7.10. The lowest BCUT2D eigenvalue weighted by molar-refractivity contribution is -0.102. The van der Waals surface area contributed by atoms with E-state index in [-0.39, 0.29) is 12.4 Å². The smallest absolute Gasteiger partial charge is 0.00846 e. The van der Waals surface area contributed by atoms with Crippen molar-refractivity contribution < 1.29 is 0 Å². The van der Waals surface area contributed by atoms with Gasteiger partial charge in [-0.15, -0.1) is 23.7 Å². The average molecular weight is 312 g/mol. The van der Waals surface area contributed by atoms with Gasteiger partial charge in [0.2, 0.25) is 0 Å². The molecule has 1 aromatic heterocycles. The minimum absolute atomic E-state index is 0. The van der Waals surface area contributed by atoms with E-state index in [4.69, 9.17) is 5.73 Å². The monoisotopic (exact) mass is 311 g/mol. The van der Waals surface area contributed by atoms with Crippen molar-refractivity contribution in [2.45, 2.75) is 44.9 Å². The van der Waals surface area contributed by atoms with E-state index in [1.165, 1.54) is 32.1 Å². The zero-order valence-electron chi connectivity index (χ0n) is 12.3. The predicted octanol–water partition coefficient (Wildman–Crippen LogP) is 4.67.